The third kappa shape index (κ3) is 6.75. The van der Waals surface area contributed by atoms with E-state index in [1.165, 1.54) is 0 Å². The number of unbranched alkanes of at least 4 members (excludes halogenated alkanes) is 1. The lowest BCUT2D eigenvalue weighted by Gasteiger charge is -2.08. The highest BCUT2D eigenvalue weighted by Gasteiger charge is 2.01. The van der Waals surface area contributed by atoms with E-state index >= 15 is 0 Å². The summed E-state index contributed by atoms with van der Waals surface area (Å²) in [5.74, 6) is 0.681. The molecule has 0 aliphatic rings. The Morgan fingerprint density at radius 1 is 1.10 bits per heavy atom. The molecule has 0 bridgehead atoms. The van der Waals surface area contributed by atoms with Crippen LogP contribution >= 0.6 is 0 Å². The van der Waals surface area contributed by atoms with E-state index < -0.39 is 0 Å². The molecule has 0 atom stereocenters. The van der Waals surface area contributed by atoms with Crippen LogP contribution in [0.2, 0.25) is 0 Å². The van der Waals surface area contributed by atoms with Crippen LogP contribution in [0, 0.1) is 0 Å². The fourth-order valence-corrected chi connectivity index (χ4v) is 1.78. The summed E-state index contributed by atoms with van der Waals surface area (Å²) in [6.45, 7) is 3.76. The molecule has 0 spiro atoms. The van der Waals surface area contributed by atoms with E-state index in [0.29, 0.717) is 19.0 Å². The standard InChI is InChI=1S/C15H25NO4/c1-18-9-10-20-8-4-3-7-16-12-13-5-6-15(19-2)14(17)11-13/h5-6,11,16-17H,3-4,7-10,12H2,1-2H3. The molecule has 20 heavy (non-hydrogen) atoms. The summed E-state index contributed by atoms with van der Waals surface area (Å²) in [6, 6.07) is 5.44. The molecule has 1 aromatic carbocycles. The molecular weight excluding hydrogens is 258 g/mol. The Morgan fingerprint density at radius 3 is 2.65 bits per heavy atom. The molecule has 0 aliphatic carbocycles. The maximum atomic E-state index is 9.66. The molecule has 0 aliphatic heterocycles. The molecule has 5 heteroatoms. The van der Waals surface area contributed by atoms with Crippen molar-refractivity contribution in [3.8, 4) is 11.5 Å². The lowest BCUT2D eigenvalue weighted by atomic mass is 10.2. The highest BCUT2D eigenvalue weighted by Crippen LogP contribution is 2.25. The summed E-state index contributed by atoms with van der Waals surface area (Å²) in [6.07, 6.45) is 2.10. The minimum Gasteiger partial charge on any atom is -0.504 e. The van der Waals surface area contributed by atoms with Crippen LogP contribution in [0.5, 0.6) is 11.5 Å². The van der Waals surface area contributed by atoms with Gasteiger partial charge in [-0.25, -0.2) is 0 Å². The van der Waals surface area contributed by atoms with E-state index in [2.05, 4.69) is 5.32 Å². The average Bonchev–Trinajstić information content (AvgIpc) is 2.46. The summed E-state index contributed by atoms with van der Waals surface area (Å²) in [7, 11) is 3.21. The third-order valence-corrected chi connectivity index (χ3v) is 2.90. The van der Waals surface area contributed by atoms with Gasteiger partial charge in [0.15, 0.2) is 11.5 Å². The molecule has 1 rings (SSSR count). The Balaban J connectivity index is 2.05. The highest BCUT2D eigenvalue weighted by molar-refractivity contribution is 5.41. The molecule has 0 saturated carbocycles. The molecule has 0 radical (unpaired) electrons. The summed E-state index contributed by atoms with van der Waals surface area (Å²) in [4.78, 5) is 0. The van der Waals surface area contributed by atoms with Crippen LogP contribution in [0.4, 0.5) is 0 Å². The fraction of sp³-hybridized carbons (Fsp3) is 0.600. The molecular formula is C15H25NO4. The van der Waals surface area contributed by atoms with Crippen molar-refractivity contribution in [3.63, 3.8) is 0 Å². The second-order valence-corrected chi connectivity index (χ2v) is 4.50. The van der Waals surface area contributed by atoms with Crippen LogP contribution in [0.1, 0.15) is 18.4 Å². The Hall–Kier alpha value is -1.30. The van der Waals surface area contributed by atoms with Crippen molar-refractivity contribution in [1.29, 1.82) is 0 Å². The number of phenolic OH excluding ortho intramolecular Hbond substituents is 1. The molecule has 0 heterocycles. The van der Waals surface area contributed by atoms with Crippen LogP contribution < -0.4 is 10.1 Å². The van der Waals surface area contributed by atoms with Gasteiger partial charge in [0, 0.05) is 20.3 Å². The molecule has 0 fully saturated rings. The van der Waals surface area contributed by atoms with Gasteiger partial charge in [-0.05, 0) is 37.1 Å². The fourth-order valence-electron chi connectivity index (χ4n) is 1.78. The van der Waals surface area contributed by atoms with Crippen molar-refractivity contribution in [2.45, 2.75) is 19.4 Å². The summed E-state index contributed by atoms with van der Waals surface area (Å²) >= 11 is 0. The van der Waals surface area contributed by atoms with Gasteiger partial charge in [-0.1, -0.05) is 6.07 Å². The summed E-state index contributed by atoms with van der Waals surface area (Å²) in [5, 5.41) is 13.0. The van der Waals surface area contributed by atoms with Gasteiger partial charge in [0.1, 0.15) is 0 Å². The molecule has 5 nitrogen and oxygen atoms in total. The van der Waals surface area contributed by atoms with E-state index in [-0.39, 0.29) is 5.75 Å². The monoisotopic (exact) mass is 283 g/mol. The van der Waals surface area contributed by atoms with Crippen LogP contribution in [0.3, 0.4) is 0 Å². The number of hydrogen-bond donors (Lipinski definition) is 2. The first-order valence-electron chi connectivity index (χ1n) is 6.91. The molecule has 2 N–H and O–H groups in total. The number of aromatic hydroxyl groups is 1. The maximum absolute atomic E-state index is 9.66. The predicted molar refractivity (Wildman–Crippen MR) is 78.3 cm³/mol. The average molecular weight is 283 g/mol. The van der Waals surface area contributed by atoms with Crippen molar-refractivity contribution in [1.82, 2.24) is 5.32 Å². The van der Waals surface area contributed by atoms with Crippen molar-refractivity contribution in [3.05, 3.63) is 23.8 Å². The molecule has 1 aromatic rings. The van der Waals surface area contributed by atoms with Crippen LogP contribution in [0.15, 0.2) is 18.2 Å². The van der Waals surface area contributed by atoms with E-state index in [9.17, 15) is 5.11 Å². The number of rotatable bonds is 11. The largest absolute Gasteiger partial charge is 0.504 e. The number of benzene rings is 1. The lowest BCUT2D eigenvalue weighted by molar-refractivity contribution is 0.0688. The first-order valence-corrected chi connectivity index (χ1v) is 6.91. The number of hydrogen-bond acceptors (Lipinski definition) is 5. The van der Waals surface area contributed by atoms with Gasteiger partial charge in [0.25, 0.3) is 0 Å². The Labute approximate surface area is 120 Å². The minimum atomic E-state index is 0.179. The number of methoxy groups -OCH3 is 2. The zero-order chi connectivity index (χ0) is 14.6. The lowest BCUT2D eigenvalue weighted by Crippen LogP contribution is -2.15. The number of phenols is 1. The molecule has 0 aromatic heterocycles. The second kappa shape index (κ2) is 10.5. The van der Waals surface area contributed by atoms with E-state index in [0.717, 1.165) is 38.1 Å². The van der Waals surface area contributed by atoms with E-state index in [1.807, 2.05) is 6.07 Å². The summed E-state index contributed by atoms with van der Waals surface area (Å²) < 4.78 is 15.3. The van der Waals surface area contributed by atoms with Gasteiger partial charge in [-0.15, -0.1) is 0 Å². The minimum absolute atomic E-state index is 0.179. The second-order valence-electron chi connectivity index (χ2n) is 4.50. The maximum Gasteiger partial charge on any atom is 0.160 e. The first kappa shape index (κ1) is 16.8. The molecule has 0 unspecified atom stereocenters. The Bertz CT molecular complexity index is 371. The molecule has 0 saturated heterocycles. The van der Waals surface area contributed by atoms with E-state index in [4.69, 9.17) is 14.2 Å². The Kier molecular flexibility index (Phi) is 8.78. The zero-order valence-corrected chi connectivity index (χ0v) is 12.4. The smallest absolute Gasteiger partial charge is 0.160 e. The highest BCUT2D eigenvalue weighted by atomic mass is 16.5. The van der Waals surface area contributed by atoms with Gasteiger partial charge >= 0.3 is 0 Å². The van der Waals surface area contributed by atoms with Gasteiger partial charge in [0.2, 0.25) is 0 Å². The Morgan fingerprint density at radius 2 is 1.95 bits per heavy atom. The predicted octanol–water partition coefficient (Wildman–Crippen LogP) is 1.93. The van der Waals surface area contributed by atoms with Crippen LogP contribution in [0.25, 0.3) is 0 Å². The van der Waals surface area contributed by atoms with Crippen molar-refractivity contribution >= 4 is 0 Å². The molecule has 114 valence electrons. The number of nitrogens with one attached hydrogen (secondary N) is 1. The van der Waals surface area contributed by atoms with Crippen molar-refractivity contribution in [2.75, 3.05) is 40.6 Å². The quantitative estimate of drug-likeness (QED) is 0.608. The zero-order valence-electron chi connectivity index (χ0n) is 12.4. The first-order chi connectivity index (χ1) is 9.77. The topological polar surface area (TPSA) is 60.0 Å². The van der Waals surface area contributed by atoms with Crippen molar-refractivity contribution in [2.24, 2.45) is 0 Å². The van der Waals surface area contributed by atoms with Gasteiger partial charge in [-0.2, -0.15) is 0 Å². The molecule has 0 amide bonds. The SMILES string of the molecule is COCCOCCCCNCc1ccc(OC)c(O)c1. The third-order valence-electron chi connectivity index (χ3n) is 2.90. The van der Waals surface area contributed by atoms with Gasteiger partial charge < -0.3 is 24.6 Å². The summed E-state index contributed by atoms with van der Waals surface area (Å²) in [5.41, 5.74) is 1.04. The van der Waals surface area contributed by atoms with Gasteiger partial charge in [0.05, 0.1) is 20.3 Å². The number of ether oxygens (including phenoxy) is 3. The van der Waals surface area contributed by atoms with Gasteiger partial charge in [-0.3, -0.25) is 0 Å². The van der Waals surface area contributed by atoms with Crippen LogP contribution in [-0.2, 0) is 16.0 Å². The normalized spacial score (nSPS) is 10.7. The van der Waals surface area contributed by atoms with E-state index in [1.54, 1.807) is 26.4 Å². The van der Waals surface area contributed by atoms with Crippen LogP contribution in [-0.4, -0.2) is 45.7 Å². The van der Waals surface area contributed by atoms with Crippen molar-refractivity contribution < 1.29 is 19.3 Å².